The molecule has 1 amide bonds. The predicted octanol–water partition coefficient (Wildman–Crippen LogP) is 6.91. The summed E-state index contributed by atoms with van der Waals surface area (Å²) < 4.78 is 0. The molecule has 2 aliphatic carbocycles. The molecule has 0 bridgehead atoms. The summed E-state index contributed by atoms with van der Waals surface area (Å²) in [7, 11) is 4.11. The molecule has 2 aliphatic rings. The van der Waals surface area contributed by atoms with E-state index in [0.29, 0.717) is 17.8 Å². The summed E-state index contributed by atoms with van der Waals surface area (Å²) in [6, 6.07) is 20.8. The van der Waals surface area contributed by atoms with E-state index in [1.807, 2.05) is 6.07 Å². The van der Waals surface area contributed by atoms with Gasteiger partial charge < -0.3 is 10.2 Å². The van der Waals surface area contributed by atoms with Crippen molar-refractivity contribution in [2.45, 2.75) is 51.4 Å². The smallest absolute Gasteiger partial charge is 0.224 e. The van der Waals surface area contributed by atoms with Crippen molar-refractivity contribution in [3.8, 4) is 10.4 Å². The van der Waals surface area contributed by atoms with Gasteiger partial charge in [-0.05, 0) is 90.5 Å². The van der Waals surface area contributed by atoms with Gasteiger partial charge in [0.25, 0.3) is 0 Å². The van der Waals surface area contributed by atoms with Crippen molar-refractivity contribution in [3.05, 3.63) is 77.4 Å². The fourth-order valence-corrected chi connectivity index (χ4v) is 7.42. The molecule has 2 saturated carbocycles. The average molecular weight is 539 g/mol. The Labute approximate surface area is 235 Å². The summed E-state index contributed by atoms with van der Waals surface area (Å²) in [5.74, 6) is 3.53. The fourth-order valence-electron chi connectivity index (χ4n) is 6.50. The Morgan fingerprint density at radius 3 is 2.62 bits per heavy atom. The minimum atomic E-state index is 0.143. The normalized spacial score (nSPS) is 22.2. The first-order valence-electron chi connectivity index (χ1n) is 14.3. The maximum absolute atomic E-state index is 12.6. The van der Waals surface area contributed by atoms with Crippen LogP contribution in [0.1, 0.15) is 49.9 Å². The lowest BCUT2D eigenvalue weighted by Gasteiger charge is -2.29. The molecule has 1 atom stereocenters. The van der Waals surface area contributed by atoms with Gasteiger partial charge in [-0.15, -0.1) is 11.3 Å². The Morgan fingerprint density at radius 1 is 1.05 bits per heavy atom. The van der Waals surface area contributed by atoms with Crippen molar-refractivity contribution in [1.82, 2.24) is 15.3 Å². The third-order valence-corrected chi connectivity index (χ3v) is 9.92. The fraction of sp³-hybridized carbons (Fsp3) is 0.424. The second-order valence-electron chi connectivity index (χ2n) is 11.8. The molecule has 2 fully saturated rings. The van der Waals surface area contributed by atoms with Gasteiger partial charge in [0.2, 0.25) is 5.91 Å². The van der Waals surface area contributed by atoms with Gasteiger partial charge in [-0.2, -0.15) is 0 Å². The first-order chi connectivity index (χ1) is 19.0. The number of carbonyl (C=O) groups is 1. The molecule has 6 heteroatoms. The molecule has 1 spiro atoms. The van der Waals surface area contributed by atoms with Crippen LogP contribution >= 0.6 is 11.3 Å². The number of nitrogens with one attached hydrogen (secondary N) is 1. The maximum atomic E-state index is 12.6. The van der Waals surface area contributed by atoms with Crippen molar-refractivity contribution in [2.75, 3.05) is 25.5 Å². The summed E-state index contributed by atoms with van der Waals surface area (Å²) in [6.45, 7) is 0.813. The molecular weight excluding hydrogens is 500 g/mol. The Kier molecular flexibility index (Phi) is 7.39. The zero-order valence-corrected chi connectivity index (χ0v) is 23.8. The molecule has 2 aromatic heterocycles. The number of amides is 1. The largest absolute Gasteiger partial charge is 0.362 e. The Balaban J connectivity index is 0.949. The zero-order valence-electron chi connectivity index (χ0n) is 23.0. The molecule has 0 saturated heterocycles. The standard InChI is InChI=1S/C33H38N4OS/c1-37(2)32-27-10-6-7-11-28(27)35-30(36-32)13-12-26-20-33(26)16-14-23(15-17-33)21-34-31(38)19-24-18-29(39-22-24)25-8-4-3-5-9-25/h3-11,18,22-23,26H,12-17,19-21H2,1-2H3,(H,34,38). The van der Waals surface area contributed by atoms with Gasteiger partial charge >= 0.3 is 0 Å². The lowest BCUT2D eigenvalue weighted by Crippen LogP contribution is -2.32. The summed E-state index contributed by atoms with van der Waals surface area (Å²) in [5, 5.41) is 6.46. The zero-order chi connectivity index (χ0) is 26.8. The SMILES string of the molecule is CN(C)c1nc(CCC2CC23CCC(CNC(=O)Cc2csc(-c4ccccc4)c2)CC3)nc2ccccc12. The quantitative estimate of drug-likeness (QED) is 0.252. The van der Waals surface area contributed by atoms with Gasteiger partial charge in [-0.3, -0.25) is 4.79 Å². The number of carbonyl (C=O) groups excluding carboxylic acids is 1. The van der Waals surface area contributed by atoms with Crippen LogP contribution in [0.3, 0.4) is 0 Å². The van der Waals surface area contributed by atoms with Crippen LogP contribution in [-0.2, 0) is 17.6 Å². The number of anilines is 1. The van der Waals surface area contributed by atoms with Crippen molar-refractivity contribution in [2.24, 2.45) is 17.3 Å². The van der Waals surface area contributed by atoms with Crippen LogP contribution in [0.4, 0.5) is 5.82 Å². The van der Waals surface area contributed by atoms with Gasteiger partial charge in [0.1, 0.15) is 11.6 Å². The molecule has 1 N–H and O–H groups in total. The lowest BCUT2D eigenvalue weighted by atomic mass is 9.78. The number of para-hydroxylation sites is 1. The van der Waals surface area contributed by atoms with Gasteiger partial charge in [0.05, 0.1) is 11.9 Å². The first kappa shape index (κ1) is 26.0. The Bertz CT molecular complexity index is 1440. The molecule has 0 aliphatic heterocycles. The highest BCUT2D eigenvalue weighted by atomic mass is 32.1. The van der Waals surface area contributed by atoms with E-state index in [9.17, 15) is 4.79 Å². The van der Waals surface area contributed by atoms with Crippen molar-refractivity contribution in [3.63, 3.8) is 0 Å². The van der Waals surface area contributed by atoms with E-state index in [1.54, 1.807) is 11.3 Å². The van der Waals surface area contributed by atoms with Crippen LogP contribution in [0.5, 0.6) is 0 Å². The summed E-state index contributed by atoms with van der Waals surface area (Å²) >= 11 is 1.71. The highest BCUT2D eigenvalue weighted by Gasteiger charge is 2.54. The van der Waals surface area contributed by atoms with Crippen LogP contribution < -0.4 is 10.2 Å². The second-order valence-corrected chi connectivity index (χ2v) is 12.7. The Morgan fingerprint density at radius 2 is 1.82 bits per heavy atom. The second kappa shape index (κ2) is 11.1. The van der Waals surface area contributed by atoms with E-state index in [0.717, 1.165) is 47.0 Å². The van der Waals surface area contributed by atoms with E-state index in [-0.39, 0.29) is 5.91 Å². The van der Waals surface area contributed by atoms with Gasteiger partial charge in [0.15, 0.2) is 0 Å². The van der Waals surface area contributed by atoms with E-state index >= 15 is 0 Å². The number of hydrogen-bond acceptors (Lipinski definition) is 5. The number of thiophene rings is 1. The predicted molar refractivity (Wildman–Crippen MR) is 161 cm³/mol. The van der Waals surface area contributed by atoms with Gasteiger partial charge in [-0.1, -0.05) is 42.5 Å². The molecular formula is C33H38N4OS. The van der Waals surface area contributed by atoms with Crippen LogP contribution in [0.2, 0.25) is 0 Å². The molecule has 4 aromatic rings. The third kappa shape index (κ3) is 5.86. The number of benzene rings is 2. The van der Waals surface area contributed by atoms with Crippen molar-refractivity contribution >= 4 is 34.0 Å². The molecule has 6 rings (SSSR count). The summed E-state index contributed by atoms with van der Waals surface area (Å²) in [5.41, 5.74) is 3.89. The van der Waals surface area contributed by atoms with Crippen LogP contribution in [0, 0.1) is 17.3 Å². The highest BCUT2D eigenvalue weighted by molar-refractivity contribution is 7.13. The molecule has 2 heterocycles. The van der Waals surface area contributed by atoms with Crippen LogP contribution in [-0.4, -0.2) is 36.5 Å². The molecule has 0 radical (unpaired) electrons. The number of nitrogens with zero attached hydrogens (tertiary/aromatic N) is 3. The van der Waals surface area contributed by atoms with Crippen LogP contribution in [0.25, 0.3) is 21.3 Å². The van der Waals surface area contributed by atoms with Crippen molar-refractivity contribution < 1.29 is 4.79 Å². The number of rotatable bonds is 9. The van der Waals surface area contributed by atoms with Gasteiger partial charge in [-0.25, -0.2) is 9.97 Å². The number of aromatic nitrogens is 2. The minimum absolute atomic E-state index is 0.143. The van der Waals surface area contributed by atoms with E-state index in [4.69, 9.17) is 9.97 Å². The number of fused-ring (bicyclic) bond motifs is 1. The molecule has 202 valence electrons. The monoisotopic (exact) mass is 538 g/mol. The minimum Gasteiger partial charge on any atom is -0.362 e. The maximum Gasteiger partial charge on any atom is 0.224 e. The van der Waals surface area contributed by atoms with E-state index in [1.165, 1.54) is 49.0 Å². The molecule has 2 aromatic carbocycles. The lowest BCUT2D eigenvalue weighted by molar-refractivity contribution is -0.120. The molecule has 39 heavy (non-hydrogen) atoms. The van der Waals surface area contributed by atoms with Crippen molar-refractivity contribution in [1.29, 1.82) is 0 Å². The van der Waals surface area contributed by atoms with E-state index in [2.05, 4.69) is 84.3 Å². The molecule has 5 nitrogen and oxygen atoms in total. The molecule has 1 unspecified atom stereocenters. The van der Waals surface area contributed by atoms with E-state index < -0.39 is 0 Å². The topological polar surface area (TPSA) is 58.1 Å². The summed E-state index contributed by atoms with van der Waals surface area (Å²) in [6.07, 6.45) is 8.99. The average Bonchev–Trinajstić information content (AvgIpc) is 3.41. The first-order valence-corrected chi connectivity index (χ1v) is 15.2. The number of aryl methyl sites for hydroxylation is 1. The third-order valence-electron chi connectivity index (χ3n) is 8.89. The number of hydrogen-bond donors (Lipinski definition) is 1. The highest BCUT2D eigenvalue weighted by Crippen LogP contribution is 2.63. The summed E-state index contributed by atoms with van der Waals surface area (Å²) in [4.78, 5) is 25.7. The van der Waals surface area contributed by atoms with Gasteiger partial charge in [0, 0.05) is 37.3 Å². The Hall–Kier alpha value is -3.25. The van der Waals surface area contributed by atoms with Crippen LogP contribution in [0.15, 0.2) is 66.0 Å².